The Bertz CT molecular complexity index is 736. The number of ether oxygens (including phenoxy) is 1. The van der Waals surface area contributed by atoms with E-state index < -0.39 is 0 Å². The second-order valence-corrected chi connectivity index (χ2v) is 8.12. The van der Waals surface area contributed by atoms with Gasteiger partial charge in [-0.1, -0.05) is 49.5 Å². The largest absolute Gasteiger partial charge is 0.383 e. The summed E-state index contributed by atoms with van der Waals surface area (Å²) in [6, 6.07) is 7.58. The van der Waals surface area contributed by atoms with Crippen molar-refractivity contribution in [2.45, 2.75) is 57.3 Å². The van der Waals surface area contributed by atoms with Crippen LogP contribution in [0.25, 0.3) is 11.4 Å². The normalized spacial score (nSPS) is 12.1. The highest BCUT2D eigenvalue weighted by atomic mass is 35.5. The molecule has 2 rings (SSSR count). The highest BCUT2D eigenvalue weighted by Gasteiger charge is 2.16. The van der Waals surface area contributed by atoms with E-state index in [4.69, 9.17) is 16.3 Å². The molecule has 1 heterocycles. The van der Waals surface area contributed by atoms with E-state index in [1.807, 2.05) is 31.2 Å². The standard InChI is InChI=1S/C20H29ClN4O2S/c1-4-5-6-7-12-25-19(16-8-10-17(21)11-9-16)23-24-20(25)28-14-18(26)22-15(2)13-27-3/h8-11,15H,4-7,12-14H2,1-3H3,(H,22,26). The molecule has 0 spiro atoms. The van der Waals surface area contributed by atoms with Crippen LogP contribution >= 0.6 is 23.4 Å². The third kappa shape index (κ3) is 7.11. The minimum absolute atomic E-state index is 0.0189. The van der Waals surface area contributed by atoms with Crippen molar-refractivity contribution in [1.82, 2.24) is 20.1 Å². The smallest absolute Gasteiger partial charge is 0.230 e. The summed E-state index contributed by atoms with van der Waals surface area (Å²) in [5, 5.41) is 13.1. The van der Waals surface area contributed by atoms with Crippen molar-refractivity contribution < 1.29 is 9.53 Å². The number of aromatic nitrogens is 3. The summed E-state index contributed by atoms with van der Waals surface area (Å²) < 4.78 is 7.16. The molecular weight excluding hydrogens is 396 g/mol. The second kappa shape index (κ2) is 12.1. The quantitative estimate of drug-likeness (QED) is 0.403. The fraction of sp³-hybridized carbons (Fsp3) is 0.550. The van der Waals surface area contributed by atoms with E-state index in [-0.39, 0.29) is 11.9 Å². The lowest BCUT2D eigenvalue weighted by Crippen LogP contribution is -2.36. The summed E-state index contributed by atoms with van der Waals surface area (Å²) in [5.74, 6) is 1.06. The van der Waals surface area contributed by atoms with E-state index in [9.17, 15) is 4.79 Å². The van der Waals surface area contributed by atoms with Gasteiger partial charge in [0.25, 0.3) is 0 Å². The van der Waals surface area contributed by atoms with Crippen LogP contribution < -0.4 is 5.32 Å². The molecule has 0 aliphatic carbocycles. The molecule has 0 aliphatic heterocycles. The van der Waals surface area contributed by atoms with Crippen LogP contribution in [-0.2, 0) is 16.1 Å². The number of carbonyl (C=O) groups excluding carboxylic acids is 1. The van der Waals surface area contributed by atoms with E-state index in [1.165, 1.54) is 24.6 Å². The van der Waals surface area contributed by atoms with Gasteiger partial charge < -0.3 is 14.6 Å². The van der Waals surface area contributed by atoms with Crippen molar-refractivity contribution in [2.24, 2.45) is 0 Å². The lowest BCUT2D eigenvalue weighted by Gasteiger charge is -2.13. The van der Waals surface area contributed by atoms with Crippen LogP contribution in [0.3, 0.4) is 0 Å². The number of nitrogens with zero attached hydrogens (tertiary/aromatic N) is 3. The van der Waals surface area contributed by atoms with Gasteiger partial charge in [0, 0.05) is 30.3 Å². The van der Waals surface area contributed by atoms with Gasteiger partial charge in [-0.2, -0.15) is 0 Å². The Morgan fingerprint density at radius 3 is 2.68 bits per heavy atom. The number of carbonyl (C=O) groups is 1. The first kappa shape index (κ1) is 22.7. The molecule has 1 amide bonds. The van der Waals surface area contributed by atoms with Gasteiger partial charge in [0.1, 0.15) is 0 Å². The summed E-state index contributed by atoms with van der Waals surface area (Å²) in [4.78, 5) is 12.2. The van der Waals surface area contributed by atoms with E-state index in [2.05, 4.69) is 27.0 Å². The van der Waals surface area contributed by atoms with Gasteiger partial charge in [-0.15, -0.1) is 10.2 Å². The maximum Gasteiger partial charge on any atom is 0.230 e. The second-order valence-electron chi connectivity index (χ2n) is 6.74. The van der Waals surface area contributed by atoms with E-state index in [0.29, 0.717) is 17.4 Å². The molecule has 0 radical (unpaired) electrons. The van der Waals surface area contributed by atoms with Gasteiger partial charge in [-0.05, 0) is 37.6 Å². The molecule has 1 aromatic heterocycles. The average molecular weight is 425 g/mol. The van der Waals surface area contributed by atoms with Crippen LogP contribution in [-0.4, -0.2) is 46.2 Å². The number of hydrogen-bond acceptors (Lipinski definition) is 5. The number of nitrogens with one attached hydrogen (secondary N) is 1. The lowest BCUT2D eigenvalue weighted by atomic mass is 10.2. The molecule has 1 aromatic carbocycles. The number of methoxy groups -OCH3 is 1. The zero-order valence-electron chi connectivity index (χ0n) is 16.8. The molecule has 154 valence electrons. The minimum atomic E-state index is -0.0388. The van der Waals surface area contributed by atoms with Crippen molar-refractivity contribution in [2.75, 3.05) is 19.5 Å². The van der Waals surface area contributed by atoms with Crippen LogP contribution in [0.2, 0.25) is 5.02 Å². The van der Waals surface area contributed by atoms with Crippen LogP contribution in [0.4, 0.5) is 0 Å². The Morgan fingerprint density at radius 1 is 1.25 bits per heavy atom. The summed E-state index contributed by atoms with van der Waals surface area (Å²) in [6.45, 7) is 5.43. The number of hydrogen-bond donors (Lipinski definition) is 1. The van der Waals surface area contributed by atoms with E-state index >= 15 is 0 Å². The SMILES string of the molecule is CCCCCCn1c(SCC(=O)NC(C)COC)nnc1-c1ccc(Cl)cc1. The first-order valence-corrected chi connectivity index (χ1v) is 11.0. The summed E-state index contributed by atoms with van der Waals surface area (Å²) >= 11 is 7.42. The summed E-state index contributed by atoms with van der Waals surface area (Å²) in [5.41, 5.74) is 0.970. The number of unbranched alkanes of at least 4 members (excludes halogenated alkanes) is 3. The Morgan fingerprint density at radius 2 is 2.00 bits per heavy atom. The summed E-state index contributed by atoms with van der Waals surface area (Å²) in [6.07, 6.45) is 4.61. The molecule has 0 aliphatic rings. The number of benzene rings is 1. The Hall–Kier alpha value is -1.57. The highest BCUT2D eigenvalue weighted by Crippen LogP contribution is 2.26. The van der Waals surface area contributed by atoms with Crippen molar-refractivity contribution in [3.8, 4) is 11.4 Å². The first-order valence-electron chi connectivity index (χ1n) is 9.65. The zero-order chi connectivity index (χ0) is 20.4. The highest BCUT2D eigenvalue weighted by molar-refractivity contribution is 7.99. The lowest BCUT2D eigenvalue weighted by molar-refractivity contribution is -0.119. The fourth-order valence-corrected chi connectivity index (χ4v) is 3.75. The first-order chi connectivity index (χ1) is 13.5. The van der Waals surface area contributed by atoms with Gasteiger partial charge in [0.05, 0.1) is 12.4 Å². The Labute approximate surface area is 176 Å². The predicted octanol–water partition coefficient (Wildman–Crippen LogP) is 4.42. The number of rotatable bonds is 12. The van der Waals surface area contributed by atoms with Gasteiger partial charge in [0.15, 0.2) is 11.0 Å². The number of halogens is 1. The topological polar surface area (TPSA) is 69.0 Å². The van der Waals surface area contributed by atoms with Crippen LogP contribution in [0, 0.1) is 0 Å². The molecule has 1 N–H and O–H groups in total. The molecule has 0 saturated carbocycles. The molecule has 0 saturated heterocycles. The molecular formula is C20H29ClN4O2S. The van der Waals surface area contributed by atoms with Crippen LogP contribution in [0.5, 0.6) is 0 Å². The third-order valence-electron chi connectivity index (χ3n) is 4.21. The van der Waals surface area contributed by atoms with Crippen LogP contribution in [0.15, 0.2) is 29.4 Å². The molecule has 1 atom stereocenters. The molecule has 2 aromatic rings. The van der Waals surface area contributed by atoms with Crippen molar-refractivity contribution in [3.63, 3.8) is 0 Å². The Balaban J connectivity index is 2.09. The predicted molar refractivity (Wildman–Crippen MR) is 115 cm³/mol. The minimum Gasteiger partial charge on any atom is -0.383 e. The maximum atomic E-state index is 12.2. The monoisotopic (exact) mass is 424 g/mol. The molecule has 0 fully saturated rings. The third-order valence-corrected chi connectivity index (χ3v) is 5.43. The summed E-state index contributed by atoms with van der Waals surface area (Å²) in [7, 11) is 1.62. The van der Waals surface area contributed by atoms with Crippen molar-refractivity contribution in [3.05, 3.63) is 29.3 Å². The zero-order valence-corrected chi connectivity index (χ0v) is 18.4. The number of thioether (sulfide) groups is 1. The van der Waals surface area contributed by atoms with E-state index in [0.717, 1.165) is 35.9 Å². The van der Waals surface area contributed by atoms with Crippen molar-refractivity contribution >= 4 is 29.3 Å². The molecule has 0 bridgehead atoms. The van der Waals surface area contributed by atoms with Gasteiger partial charge in [0.2, 0.25) is 5.91 Å². The molecule has 1 unspecified atom stereocenters. The van der Waals surface area contributed by atoms with Crippen LogP contribution in [0.1, 0.15) is 39.5 Å². The molecule has 8 heteroatoms. The number of amides is 1. The van der Waals surface area contributed by atoms with E-state index in [1.54, 1.807) is 7.11 Å². The maximum absolute atomic E-state index is 12.2. The molecule has 6 nitrogen and oxygen atoms in total. The van der Waals surface area contributed by atoms with Crippen molar-refractivity contribution in [1.29, 1.82) is 0 Å². The Kier molecular flexibility index (Phi) is 9.81. The fourth-order valence-electron chi connectivity index (χ4n) is 2.84. The van der Waals surface area contributed by atoms with Gasteiger partial charge in [-0.3, -0.25) is 4.79 Å². The van der Waals surface area contributed by atoms with Gasteiger partial charge >= 0.3 is 0 Å². The van der Waals surface area contributed by atoms with Gasteiger partial charge in [-0.25, -0.2) is 0 Å². The average Bonchev–Trinajstić information content (AvgIpc) is 3.07. The molecule has 28 heavy (non-hydrogen) atoms.